The van der Waals surface area contributed by atoms with Crippen LogP contribution in [0.4, 0.5) is 5.82 Å². The Kier molecular flexibility index (Phi) is 7.44. The zero-order chi connectivity index (χ0) is 24.3. The highest BCUT2D eigenvalue weighted by Gasteiger charge is 2.26. The predicted octanol–water partition coefficient (Wildman–Crippen LogP) is 0.947. The van der Waals surface area contributed by atoms with Gasteiger partial charge >= 0.3 is 17.6 Å². The topological polar surface area (TPSA) is 155 Å². The van der Waals surface area contributed by atoms with Gasteiger partial charge in [0.2, 0.25) is 5.78 Å². The van der Waals surface area contributed by atoms with Crippen LogP contribution in [0.15, 0.2) is 9.59 Å². The lowest BCUT2D eigenvalue weighted by atomic mass is 10.1. The van der Waals surface area contributed by atoms with Crippen molar-refractivity contribution in [2.24, 2.45) is 13.0 Å². The second-order valence-electron chi connectivity index (χ2n) is 7.76. The maximum atomic E-state index is 12.7. The van der Waals surface area contributed by atoms with Crippen LogP contribution in [0.25, 0.3) is 0 Å². The summed E-state index contributed by atoms with van der Waals surface area (Å²) in [6, 6.07) is 0. The van der Waals surface area contributed by atoms with Gasteiger partial charge in [-0.15, -0.1) is 0 Å². The summed E-state index contributed by atoms with van der Waals surface area (Å²) < 4.78 is 12.0. The summed E-state index contributed by atoms with van der Waals surface area (Å²) in [6.45, 7) is 8.12. The van der Waals surface area contributed by atoms with Crippen LogP contribution in [0.3, 0.4) is 0 Å². The number of nitrogens with two attached hydrogens (primary N) is 1. The van der Waals surface area contributed by atoms with Gasteiger partial charge < -0.3 is 20.2 Å². The summed E-state index contributed by atoms with van der Waals surface area (Å²) in [5.41, 5.74) is 4.96. The van der Waals surface area contributed by atoms with E-state index in [0.717, 1.165) is 9.13 Å². The lowest BCUT2D eigenvalue weighted by molar-refractivity contribution is 0.0468. The van der Waals surface area contributed by atoms with E-state index in [4.69, 9.17) is 15.2 Å². The van der Waals surface area contributed by atoms with Gasteiger partial charge in [-0.25, -0.2) is 14.4 Å². The normalized spacial score (nSPS) is 11.0. The third kappa shape index (κ3) is 4.66. The minimum absolute atomic E-state index is 0.0102. The first kappa shape index (κ1) is 24.6. The number of carbonyl (C=O) groups is 3. The average molecular weight is 448 g/mol. The summed E-state index contributed by atoms with van der Waals surface area (Å²) in [4.78, 5) is 64.9. The Morgan fingerprint density at radius 1 is 1.06 bits per heavy atom. The molecule has 0 unspecified atom stereocenters. The summed E-state index contributed by atoms with van der Waals surface area (Å²) in [5, 5.41) is 0. The second kappa shape index (κ2) is 9.67. The first-order valence-corrected chi connectivity index (χ1v) is 10.1. The van der Waals surface area contributed by atoms with E-state index in [2.05, 4.69) is 4.98 Å². The van der Waals surface area contributed by atoms with Crippen LogP contribution in [-0.4, -0.2) is 45.1 Å². The molecule has 32 heavy (non-hydrogen) atoms. The molecule has 0 atom stereocenters. The van der Waals surface area contributed by atoms with Crippen molar-refractivity contribution in [2.45, 2.75) is 41.2 Å². The number of carbonyl (C=O) groups excluding carboxylic acids is 3. The number of aromatic nitrogens is 3. The lowest BCUT2D eigenvalue weighted by Gasteiger charge is -2.16. The van der Waals surface area contributed by atoms with Gasteiger partial charge in [-0.1, -0.05) is 13.8 Å². The highest BCUT2D eigenvalue weighted by molar-refractivity contribution is 6.03. The smallest absolute Gasteiger partial charge is 0.355 e. The molecule has 0 aliphatic rings. The van der Waals surface area contributed by atoms with Crippen LogP contribution < -0.4 is 17.0 Å². The molecule has 0 bridgehead atoms. The van der Waals surface area contributed by atoms with Crippen molar-refractivity contribution >= 4 is 23.5 Å². The maximum Gasteiger partial charge on any atom is 0.355 e. The van der Waals surface area contributed by atoms with Crippen molar-refractivity contribution in [1.29, 1.82) is 0 Å². The minimum atomic E-state index is -0.889. The van der Waals surface area contributed by atoms with Crippen molar-refractivity contribution in [3.8, 4) is 0 Å². The SMILES string of the molecule is CCOC(=O)c1c(C)[nH]c(C(=O)OCC(=O)c2c(N)n(CC(C)C)c(=O)n(C)c2=O)c1C. The number of aromatic amines is 1. The fourth-order valence-electron chi connectivity index (χ4n) is 3.33. The molecule has 2 heterocycles. The van der Waals surface area contributed by atoms with Crippen LogP contribution in [0, 0.1) is 19.8 Å². The van der Waals surface area contributed by atoms with E-state index >= 15 is 0 Å². The molecular weight excluding hydrogens is 420 g/mol. The minimum Gasteiger partial charge on any atom is -0.462 e. The van der Waals surface area contributed by atoms with Gasteiger partial charge in [-0.3, -0.25) is 18.7 Å². The Bertz CT molecular complexity index is 1180. The zero-order valence-corrected chi connectivity index (χ0v) is 19.0. The van der Waals surface area contributed by atoms with Crippen LogP contribution >= 0.6 is 0 Å². The van der Waals surface area contributed by atoms with E-state index in [0.29, 0.717) is 11.3 Å². The molecule has 0 radical (unpaired) electrons. The van der Waals surface area contributed by atoms with Gasteiger partial charge in [0.1, 0.15) is 17.1 Å². The number of H-pyrrole nitrogens is 1. The van der Waals surface area contributed by atoms with Crippen molar-refractivity contribution in [3.05, 3.63) is 48.9 Å². The molecule has 0 spiro atoms. The van der Waals surface area contributed by atoms with Gasteiger partial charge in [0.05, 0.1) is 12.2 Å². The number of Topliss-reactive ketones (excluding diaryl/α,β-unsaturated/α-hetero) is 1. The van der Waals surface area contributed by atoms with Crippen molar-refractivity contribution in [3.63, 3.8) is 0 Å². The molecule has 11 nitrogen and oxygen atoms in total. The Morgan fingerprint density at radius 2 is 1.69 bits per heavy atom. The van der Waals surface area contributed by atoms with Crippen LogP contribution in [0.1, 0.15) is 63.2 Å². The van der Waals surface area contributed by atoms with Gasteiger partial charge in [0, 0.05) is 19.3 Å². The summed E-state index contributed by atoms with van der Waals surface area (Å²) in [5.74, 6) is -2.57. The fourth-order valence-corrected chi connectivity index (χ4v) is 3.33. The Labute approximate surface area is 184 Å². The molecule has 2 aromatic heterocycles. The second-order valence-corrected chi connectivity index (χ2v) is 7.76. The Balaban J connectivity index is 2.31. The molecule has 174 valence electrons. The number of rotatable bonds is 8. The van der Waals surface area contributed by atoms with Crippen molar-refractivity contribution in [2.75, 3.05) is 18.9 Å². The molecule has 0 aromatic carbocycles. The first-order valence-electron chi connectivity index (χ1n) is 10.1. The number of nitrogens with one attached hydrogen (secondary N) is 1. The predicted molar refractivity (Wildman–Crippen MR) is 116 cm³/mol. The van der Waals surface area contributed by atoms with Crippen LogP contribution in [0.5, 0.6) is 0 Å². The van der Waals surface area contributed by atoms with Gasteiger partial charge in [0.25, 0.3) is 5.56 Å². The number of ketones is 1. The highest BCUT2D eigenvalue weighted by Crippen LogP contribution is 2.20. The molecular formula is C21H28N4O7. The molecule has 3 N–H and O–H groups in total. The van der Waals surface area contributed by atoms with E-state index in [-0.39, 0.29) is 36.1 Å². The zero-order valence-electron chi connectivity index (χ0n) is 19.0. The lowest BCUT2D eigenvalue weighted by Crippen LogP contribution is -2.43. The molecule has 0 saturated carbocycles. The molecule has 2 rings (SSSR count). The third-order valence-corrected chi connectivity index (χ3v) is 4.87. The Hall–Kier alpha value is -3.63. The summed E-state index contributed by atoms with van der Waals surface area (Å²) in [7, 11) is 1.24. The molecule has 0 amide bonds. The molecule has 11 heteroatoms. The number of aryl methyl sites for hydroxylation is 1. The number of anilines is 1. The monoisotopic (exact) mass is 448 g/mol. The standard InChI is InChI=1S/C21H28N4O7/c1-7-31-19(28)14-11(4)16(23-12(14)5)20(29)32-9-13(26)15-17(22)25(8-10(2)3)21(30)24(6)18(15)27/h10,23H,7-9,22H2,1-6H3. The van der Waals surface area contributed by atoms with Gasteiger partial charge in [-0.2, -0.15) is 0 Å². The molecule has 2 aromatic rings. The van der Waals surface area contributed by atoms with Crippen LogP contribution in [0.2, 0.25) is 0 Å². The molecule has 0 saturated heterocycles. The summed E-state index contributed by atoms with van der Waals surface area (Å²) >= 11 is 0. The van der Waals surface area contributed by atoms with Gasteiger partial charge in [-0.05, 0) is 32.3 Å². The quantitative estimate of drug-likeness (QED) is 0.446. The number of nitrogen functional groups attached to an aromatic ring is 1. The molecule has 0 fully saturated rings. The number of nitrogens with zero attached hydrogens (tertiary/aromatic N) is 2. The van der Waals surface area contributed by atoms with E-state index in [1.807, 2.05) is 13.8 Å². The van der Waals surface area contributed by atoms with Crippen molar-refractivity contribution in [1.82, 2.24) is 14.1 Å². The average Bonchev–Trinajstić information content (AvgIpc) is 3.02. The fraction of sp³-hybridized carbons (Fsp3) is 0.476. The number of esters is 2. The third-order valence-electron chi connectivity index (χ3n) is 4.87. The first-order chi connectivity index (χ1) is 14.9. The van der Waals surface area contributed by atoms with Gasteiger partial charge in [0.15, 0.2) is 6.61 Å². The summed E-state index contributed by atoms with van der Waals surface area (Å²) in [6.07, 6.45) is 0. The maximum absolute atomic E-state index is 12.7. The van der Waals surface area contributed by atoms with E-state index in [1.165, 1.54) is 7.05 Å². The van der Waals surface area contributed by atoms with E-state index < -0.39 is 41.1 Å². The molecule has 0 aliphatic carbocycles. The number of hydrogen-bond acceptors (Lipinski definition) is 8. The highest BCUT2D eigenvalue weighted by atomic mass is 16.5. The number of ether oxygens (including phenoxy) is 2. The van der Waals surface area contributed by atoms with E-state index in [1.54, 1.807) is 20.8 Å². The van der Waals surface area contributed by atoms with Crippen LogP contribution in [-0.2, 0) is 23.1 Å². The van der Waals surface area contributed by atoms with Crippen molar-refractivity contribution < 1.29 is 23.9 Å². The molecule has 0 aliphatic heterocycles. The largest absolute Gasteiger partial charge is 0.462 e. The Morgan fingerprint density at radius 3 is 2.25 bits per heavy atom. The van der Waals surface area contributed by atoms with E-state index in [9.17, 15) is 24.0 Å². The number of hydrogen-bond donors (Lipinski definition) is 2.